The minimum atomic E-state index is -0.864. The Morgan fingerprint density at radius 1 is 1.50 bits per heavy atom. The molecule has 3 heteroatoms. The summed E-state index contributed by atoms with van der Waals surface area (Å²) in [5, 5.41) is 8.92. The van der Waals surface area contributed by atoms with Crippen molar-refractivity contribution in [2.45, 2.75) is 19.8 Å². The zero-order chi connectivity index (χ0) is 10.6. The van der Waals surface area contributed by atoms with Crippen molar-refractivity contribution in [1.82, 2.24) is 0 Å². The SMILES string of the molecule is Cc1ccc(C(=O)O)c(CCCN)c1. The molecule has 0 aliphatic carbocycles. The van der Waals surface area contributed by atoms with Crippen LogP contribution in [0.15, 0.2) is 18.2 Å². The van der Waals surface area contributed by atoms with E-state index in [0.717, 1.165) is 24.0 Å². The van der Waals surface area contributed by atoms with Crippen molar-refractivity contribution in [3.05, 3.63) is 34.9 Å². The van der Waals surface area contributed by atoms with Crippen molar-refractivity contribution < 1.29 is 9.90 Å². The number of carboxylic acid groups (broad SMARTS) is 1. The van der Waals surface area contributed by atoms with Gasteiger partial charge in [0.2, 0.25) is 0 Å². The summed E-state index contributed by atoms with van der Waals surface area (Å²) in [6.45, 7) is 2.55. The van der Waals surface area contributed by atoms with E-state index in [9.17, 15) is 4.79 Å². The monoisotopic (exact) mass is 193 g/mol. The van der Waals surface area contributed by atoms with E-state index in [1.807, 2.05) is 19.1 Å². The van der Waals surface area contributed by atoms with Crippen LogP contribution in [0.5, 0.6) is 0 Å². The van der Waals surface area contributed by atoms with Crippen LogP contribution in [0.1, 0.15) is 27.9 Å². The van der Waals surface area contributed by atoms with Crippen LogP contribution in [0.4, 0.5) is 0 Å². The lowest BCUT2D eigenvalue weighted by molar-refractivity contribution is 0.0695. The molecule has 0 atom stereocenters. The zero-order valence-electron chi connectivity index (χ0n) is 8.29. The quantitative estimate of drug-likeness (QED) is 0.763. The average molecular weight is 193 g/mol. The van der Waals surface area contributed by atoms with E-state index in [1.54, 1.807) is 6.07 Å². The second kappa shape index (κ2) is 4.77. The molecular formula is C11H15NO2. The number of hydrogen-bond donors (Lipinski definition) is 2. The van der Waals surface area contributed by atoms with Crippen LogP contribution in [0, 0.1) is 6.92 Å². The second-order valence-electron chi connectivity index (χ2n) is 3.36. The summed E-state index contributed by atoms with van der Waals surface area (Å²) >= 11 is 0. The van der Waals surface area contributed by atoms with E-state index >= 15 is 0 Å². The summed E-state index contributed by atoms with van der Waals surface area (Å²) in [5.74, 6) is -0.864. The van der Waals surface area contributed by atoms with Crippen LogP contribution in [0.3, 0.4) is 0 Å². The van der Waals surface area contributed by atoms with Gasteiger partial charge >= 0.3 is 5.97 Å². The number of nitrogens with two attached hydrogens (primary N) is 1. The van der Waals surface area contributed by atoms with Gasteiger partial charge in [0.25, 0.3) is 0 Å². The molecule has 0 saturated heterocycles. The van der Waals surface area contributed by atoms with Gasteiger partial charge in [-0.15, -0.1) is 0 Å². The zero-order valence-corrected chi connectivity index (χ0v) is 8.29. The third-order valence-electron chi connectivity index (χ3n) is 2.14. The summed E-state index contributed by atoms with van der Waals surface area (Å²) in [6.07, 6.45) is 1.56. The van der Waals surface area contributed by atoms with Gasteiger partial charge in [-0.2, -0.15) is 0 Å². The molecule has 0 aliphatic heterocycles. The van der Waals surface area contributed by atoms with Crippen molar-refractivity contribution >= 4 is 5.97 Å². The topological polar surface area (TPSA) is 63.3 Å². The molecule has 0 bridgehead atoms. The number of aromatic carboxylic acids is 1. The van der Waals surface area contributed by atoms with Crippen LogP contribution in [0.2, 0.25) is 0 Å². The highest BCUT2D eigenvalue weighted by Crippen LogP contribution is 2.13. The largest absolute Gasteiger partial charge is 0.478 e. The normalized spacial score (nSPS) is 10.1. The van der Waals surface area contributed by atoms with Crippen LogP contribution in [-0.2, 0) is 6.42 Å². The Labute approximate surface area is 83.6 Å². The highest BCUT2D eigenvalue weighted by atomic mass is 16.4. The number of carboxylic acids is 1. The maximum Gasteiger partial charge on any atom is 0.335 e. The van der Waals surface area contributed by atoms with E-state index < -0.39 is 5.97 Å². The predicted octanol–water partition coefficient (Wildman–Crippen LogP) is 1.58. The van der Waals surface area contributed by atoms with Crippen LogP contribution >= 0.6 is 0 Å². The first-order chi connectivity index (χ1) is 6.65. The number of aryl methyl sites for hydroxylation is 2. The van der Waals surface area contributed by atoms with Gasteiger partial charge in [-0.1, -0.05) is 17.7 Å². The third-order valence-corrected chi connectivity index (χ3v) is 2.14. The van der Waals surface area contributed by atoms with Gasteiger partial charge in [-0.3, -0.25) is 0 Å². The van der Waals surface area contributed by atoms with E-state index in [-0.39, 0.29) is 0 Å². The van der Waals surface area contributed by atoms with Crippen molar-refractivity contribution in [3.63, 3.8) is 0 Å². The lowest BCUT2D eigenvalue weighted by Crippen LogP contribution is -2.06. The first-order valence-electron chi connectivity index (χ1n) is 4.68. The smallest absolute Gasteiger partial charge is 0.335 e. The van der Waals surface area contributed by atoms with Crippen LogP contribution in [0.25, 0.3) is 0 Å². The first-order valence-corrected chi connectivity index (χ1v) is 4.68. The fourth-order valence-corrected chi connectivity index (χ4v) is 1.43. The summed E-state index contributed by atoms with van der Waals surface area (Å²) in [7, 11) is 0. The summed E-state index contributed by atoms with van der Waals surface area (Å²) < 4.78 is 0. The van der Waals surface area contributed by atoms with Gasteiger partial charge in [0.1, 0.15) is 0 Å². The van der Waals surface area contributed by atoms with E-state index in [2.05, 4.69) is 0 Å². The maximum atomic E-state index is 10.9. The average Bonchev–Trinajstić information content (AvgIpc) is 2.14. The number of carbonyl (C=O) groups is 1. The Hall–Kier alpha value is -1.35. The van der Waals surface area contributed by atoms with Gasteiger partial charge in [0.15, 0.2) is 0 Å². The third kappa shape index (κ3) is 2.57. The summed E-state index contributed by atoms with van der Waals surface area (Å²) in [4.78, 5) is 10.9. The molecule has 3 nitrogen and oxygen atoms in total. The molecule has 0 aliphatic rings. The van der Waals surface area contributed by atoms with E-state index in [1.165, 1.54) is 0 Å². The predicted molar refractivity (Wildman–Crippen MR) is 55.5 cm³/mol. The van der Waals surface area contributed by atoms with Crippen molar-refractivity contribution in [2.75, 3.05) is 6.54 Å². The molecule has 0 saturated carbocycles. The minimum absolute atomic E-state index is 0.393. The van der Waals surface area contributed by atoms with Gasteiger partial charge in [-0.05, 0) is 37.9 Å². The molecule has 0 radical (unpaired) electrons. The standard InChI is InChI=1S/C11H15NO2/c1-8-4-5-10(11(13)14)9(7-8)3-2-6-12/h4-5,7H,2-3,6,12H2,1H3,(H,13,14). The van der Waals surface area contributed by atoms with Gasteiger partial charge < -0.3 is 10.8 Å². The maximum absolute atomic E-state index is 10.9. The fraction of sp³-hybridized carbons (Fsp3) is 0.364. The van der Waals surface area contributed by atoms with Crippen LogP contribution < -0.4 is 5.73 Å². The molecule has 0 spiro atoms. The van der Waals surface area contributed by atoms with Gasteiger partial charge in [0, 0.05) is 0 Å². The summed E-state index contributed by atoms with van der Waals surface area (Å²) in [5.41, 5.74) is 7.75. The van der Waals surface area contributed by atoms with Crippen molar-refractivity contribution in [2.24, 2.45) is 5.73 Å². The number of benzene rings is 1. The molecular weight excluding hydrogens is 178 g/mol. The van der Waals surface area contributed by atoms with Crippen molar-refractivity contribution in [3.8, 4) is 0 Å². The van der Waals surface area contributed by atoms with Crippen LogP contribution in [-0.4, -0.2) is 17.6 Å². The highest BCUT2D eigenvalue weighted by Gasteiger charge is 2.08. The molecule has 1 aromatic rings. The Bertz CT molecular complexity index is 334. The Kier molecular flexibility index (Phi) is 3.65. The Morgan fingerprint density at radius 2 is 2.21 bits per heavy atom. The fourth-order valence-electron chi connectivity index (χ4n) is 1.43. The Balaban J connectivity index is 2.97. The molecule has 1 aromatic carbocycles. The highest BCUT2D eigenvalue weighted by molar-refractivity contribution is 5.89. The molecule has 76 valence electrons. The molecule has 14 heavy (non-hydrogen) atoms. The first kappa shape index (κ1) is 10.7. The molecule has 0 amide bonds. The number of hydrogen-bond acceptors (Lipinski definition) is 2. The van der Waals surface area contributed by atoms with E-state index in [0.29, 0.717) is 12.1 Å². The molecule has 0 unspecified atom stereocenters. The molecule has 1 rings (SSSR count). The summed E-state index contributed by atoms with van der Waals surface area (Å²) in [6, 6.07) is 5.39. The second-order valence-corrected chi connectivity index (χ2v) is 3.36. The molecule has 3 N–H and O–H groups in total. The minimum Gasteiger partial charge on any atom is -0.478 e. The number of rotatable bonds is 4. The molecule has 0 aromatic heterocycles. The van der Waals surface area contributed by atoms with Crippen molar-refractivity contribution in [1.29, 1.82) is 0 Å². The lowest BCUT2D eigenvalue weighted by atomic mass is 10.0. The lowest BCUT2D eigenvalue weighted by Gasteiger charge is -2.06. The Morgan fingerprint density at radius 3 is 2.79 bits per heavy atom. The van der Waals surface area contributed by atoms with Gasteiger partial charge in [-0.25, -0.2) is 4.79 Å². The van der Waals surface area contributed by atoms with E-state index in [4.69, 9.17) is 10.8 Å². The van der Waals surface area contributed by atoms with Gasteiger partial charge in [0.05, 0.1) is 5.56 Å². The molecule has 0 heterocycles. The molecule has 0 fully saturated rings.